The van der Waals surface area contributed by atoms with Crippen molar-refractivity contribution < 1.29 is 19.2 Å². The zero-order valence-corrected chi connectivity index (χ0v) is 18.8. The standard InChI is InChI=1S/C24H26ClN3O4/c1-14(2)31-21-12-9-16(13-19(21)25)22-27-23(32-28-22)15-7-10-17(11-8-15)26-20-6-4-3-5-18(20)24(29)30/h7-14,18,20,26H,3-6H2,1-2H3,(H,29,30)/t18-,20-/m1/s1. The molecule has 8 heteroatoms. The van der Waals surface area contributed by atoms with Gasteiger partial charge in [0.1, 0.15) is 5.75 Å². The fourth-order valence-corrected chi connectivity index (χ4v) is 4.19. The molecule has 0 saturated heterocycles. The Balaban J connectivity index is 1.46. The molecule has 0 bridgehead atoms. The van der Waals surface area contributed by atoms with Crippen LogP contribution in [0.3, 0.4) is 0 Å². The second-order valence-electron chi connectivity index (χ2n) is 8.29. The largest absolute Gasteiger partial charge is 0.489 e. The molecule has 2 aromatic carbocycles. The molecule has 1 aliphatic rings. The van der Waals surface area contributed by atoms with E-state index in [1.54, 1.807) is 12.1 Å². The summed E-state index contributed by atoms with van der Waals surface area (Å²) in [6, 6.07) is 12.9. The lowest BCUT2D eigenvalue weighted by molar-refractivity contribution is -0.143. The molecule has 0 aliphatic heterocycles. The maximum absolute atomic E-state index is 11.5. The number of halogens is 1. The number of hydrogen-bond acceptors (Lipinski definition) is 6. The van der Waals surface area contributed by atoms with Gasteiger partial charge in [0.05, 0.1) is 17.0 Å². The summed E-state index contributed by atoms with van der Waals surface area (Å²) < 4.78 is 11.1. The van der Waals surface area contributed by atoms with Gasteiger partial charge < -0.3 is 19.7 Å². The van der Waals surface area contributed by atoms with Crippen LogP contribution in [0.5, 0.6) is 5.75 Å². The number of rotatable bonds is 7. The van der Waals surface area contributed by atoms with Crippen molar-refractivity contribution in [1.29, 1.82) is 0 Å². The average molecular weight is 456 g/mol. The number of carboxylic acids is 1. The van der Waals surface area contributed by atoms with Crippen molar-refractivity contribution in [1.82, 2.24) is 10.1 Å². The van der Waals surface area contributed by atoms with Crippen molar-refractivity contribution in [3.05, 3.63) is 47.5 Å². The predicted molar refractivity (Wildman–Crippen MR) is 123 cm³/mol. The first-order valence-corrected chi connectivity index (χ1v) is 11.2. The lowest BCUT2D eigenvalue weighted by atomic mass is 9.84. The Hall–Kier alpha value is -3.06. The lowest BCUT2D eigenvalue weighted by Gasteiger charge is -2.30. The van der Waals surface area contributed by atoms with Crippen molar-refractivity contribution in [2.75, 3.05) is 5.32 Å². The van der Waals surface area contributed by atoms with Gasteiger partial charge in [-0.2, -0.15) is 4.98 Å². The Bertz CT molecular complexity index is 1080. The highest BCUT2D eigenvalue weighted by Crippen LogP contribution is 2.32. The van der Waals surface area contributed by atoms with E-state index in [2.05, 4.69) is 15.5 Å². The minimum absolute atomic E-state index is 0.0284. The Morgan fingerprint density at radius 2 is 1.88 bits per heavy atom. The molecule has 1 fully saturated rings. The molecule has 2 atom stereocenters. The van der Waals surface area contributed by atoms with E-state index in [1.807, 2.05) is 44.2 Å². The van der Waals surface area contributed by atoms with Gasteiger partial charge in [-0.25, -0.2) is 0 Å². The van der Waals surface area contributed by atoms with Crippen LogP contribution in [0.2, 0.25) is 5.02 Å². The molecule has 2 N–H and O–H groups in total. The highest BCUT2D eigenvalue weighted by atomic mass is 35.5. The molecule has 4 rings (SSSR count). The maximum atomic E-state index is 11.5. The number of carbonyl (C=O) groups is 1. The summed E-state index contributed by atoms with van der Waals surface area (Å²) in [5.74, 6) is 0.352. The van der Waals surface area contributed by atoms with Crippen LogP contribution in [0.4, 0.5) is 5.69 Å². The van der Waals surface area contributed by atoms with Crippen molar-refractivity contribution in [3.8, 4) is 28.6 Å². The van der Waals surface area contributed by atoms with E-state index in [-0.39, 0.29) is 18.1 Å². The highest BCUT2D eigenvalue weighted by molar-refractivity contribution is 6.32. The Labute approximate surface area is 191 Å². The first-order chi connectivity index (χ1) is 15.4. The van der Waals surface area contributed by atoms with Crippen LogP contribution in [-0.4, -0.2) is 33.4 Å². The van der Waals surface area contributed by atoms with Crippen LogP contribution in [-0.2, 0) is 4.79 Å². The third-order valence-electron chi connectivity index (χ3n) is 5.55. The molecule has 0 radical (unpaired) electrons. The summed E-state index contributed by atoms with van der Waals surface area (Å²) in [6.45, 7) is 3.88. The summed E-state index contributed by atoms with van der Waals surface area (Å²) in [4.78, 5) is 16.0. The van der Waals surface area contributed by atoms with E-state index in [9.17, 15) is 9.90 Å². The zero-order valence-electron chi connectivity index (χ0n) is 18.0. The number of anilines is 1. The highest BCUT2D eigenvalue weighted by Gasteiger charge is 2.30. The first kappa shape index (κ1) is 22.1. The molecule has 0 amide bonds. The smallest absolute Gasteiger partial charge is 0.308 e. The van der Waals surface area contributed by atoms with Crippen molar-refractivity contribution >= 4 is 23.3 Å². The summed E-state index contributed by atoms with van der Waals surface area (Å²) in [7, 11) is 0. The molecular weight excluding hydrogens is 430 g/mol. The van der Waals surface area contributed by atoms with Gasteiger partial charge in [-0.15, -0.1) is 0 Å². The monoisotopic (exact) mass is 455 g/mol. The van der Waals surface area contributed by atoms with Crippen molar-refractivity contribution in [2.24, 2.45) is 5.92 Å². The van der Waals surface area contributed by atoms with Crippen molar-refractivity contribution in [2.45, 2.75) is 51.7 Å². The predicted octanol–water partition coefficient (Wildman–Crippen LogP) is 5.90. The topological polar surface area (TPSA) is 97.5 Å². The molecule has 1 aliphatic carbocycles. The first-order valence-electron chi connectivity index (χ1n) is 10.8. The van der Waals surface area contributed by atoms with Crippen LogP contribution in [0, 0.1) is 5.92 Å². The van der Waals surface area contributed by atoms with Crippen LogP contribution in [0.15, 0.2) is 47.0 Å². The van der Waals surface area contributed by atoms with E-state index < -0.39 is 5.97 Å². The van der Waals surface area contributed by atoms with Crippen LogP contribution in [0.25, 0.3) is 22.8 Å². The van der Waals surface area contributed by atoms with Gasteiger partial charge in [-0.3, -0.25) is 4.79 Å². The van der Waals surface area contributed by atoms with Crippen LogP contribution >= 0.6 is 11.6 Å². The summed E-state index contributed by atoms with van der Waals surface area (Å²) >= 11 is 6.32. The van der Waals surface area contributed by atoms with E-state index in [4.69, 9.17) is 20.9 Å². The van der Waals surface area contributed by atoms with Gasteiger partial charge in [0, 0.05) is 22.9 Å². The normalized spacial score (nSPS) is 18.5. The number of aromatic nitrogens is 2. The maximum Gasteiger partial charge on any atom is 0.308 e. The van der Waals surface area contributed by atoms with E-state index in [0.29, 0.717) is 28.9 Å². The summed E-state index contributed by atoms with van der Waals surface area (Å²) in [5, 5.41) is 17.4. The Morgan fingerprint density at radius 3 is 2.56 bits per heavy atom. The number of nitrogens with zero attached hydrogens (tertiary/aromatic N) is 2. The van der Waals surface area contributed by atoms with Crippen molar-refractivity contribution in [3.63, 3.8) is 0 Å². The molecule has 32 heavy (non-hydrogen) atoms. The molecule has 168 valence electrons. The van der Waals surface area contributed by atoms with E-state index in [0.717, 1.165) is 36.1 Å². The molecular formula is C24H26ClN3O4. The zero-order chi connectivity index (χ0) is 22.7. The quantitative estimate of drug-likeness (QED) is 0.457. The van der Waals surface area contributed by atoms with E-state index >= 15 is 0 Å². The minimum Gasteiger partial charge on any atom is -0.489 e. The number of hydrogen-bond donors (Lipinski definition) is 2. The van der Waals surface area contributed by atoms with Gasteiger partial charge in [-0.05, 0) is 69.2 Å². The van der Waals surface area contributed by atoms with Crippen LogP contribution < -0.4 is 10.1 Å². The third-order valence-corrected chi connectivity index (χ3v) is 5.84. The summed E-state index contributed by atoms with van der Waals surface area (Å²) in [6.07, 6.45) is 3.60. The van der Waals surface area contributed by atoms with Crippen LogP contribution in [0.1, 0.15) is 39.5 Å². The molecule has 3 aromatic rings. The fraction of sp³-hybridized carbons (Fsp3) is 0.375. The molecule has 7 nitrogen and oxygen atoms in total. The fourth-order valence-electron chi connectivity index (χ4n) is 3.97. The number of benzene rings is 2. The second kappa shape index (κ2) is 9.61. The molecule has 1 aromatic heterocycles. The molecule has 1 saturated carbocycles. The van der Waals surface area contributed by atoms with E-state index in [1.165, 1.54) is 0 Å². The number of aliphatic carboxylic acids is 1. The Kier molecular flexibility index (Phi) is 6.65. The van der Waals surface area contributed by atoms with Gasteiger partial charge in [0.15, 0.2) is 0 Å². The number of ether oxygens (including phenoxy) is 1. The number of carboxylic acid groups (broad SMARTS) is 1. The van der Waals surface area contributed by atoms with Gasteiger partial charge in [0.25, 0.3) is 5.89 Å². The van der Waals surface area contributed by atoms with Gasteiger partial charge >= 0.3 is 5.97 Å². The van der Waals surface area contributed by atoms with Gasteiger partial charge in [0.2, 0.25) is 5.82 Å². The summed E-state index contributed by atoms with van der Waals surface area (Å²) in [5.41, 5.74) is 2.38. The third kappa shape index (κ3) is 5.05. The minimum atomic E-state index is -0.735. The molecule has 1 heterocycles. The molecule has 0 unspecified atom stereocenters. The Morgan fingerprint density at radius 1 is 1.16 bits per heavy atom. The lowest BCUT2D eigenvalue weighted by Crippen LogP contribution is -2.37. The number of nitrogens with one attached hydrogen (secondary N) is 1. The van der Waals surface area contributed by atoms with Gasteiger partial charge in [-0.1, -0.05) is 29.6 Å². The SMILES string of the molecule is CC(C)Oc1ccc(-c2noc(-c3ccc(N[C@@H]4CCCC[C@H]4C(=O)O)cc3)n2)cc1Cl. The average Bonchev–Trinajstić information content (AvgIpc) is 3.26. The second-order valence-corrected chi connectivity index (χ2v) is 8.70. The molecule has 0 spiro atoms.